The molecule has 0 radical (unpaired) electrons. The second-order valence-electron chi connectivity index (χ2n) is 7.07. The van der Waals surface area contributed by atoms with Crippen molar-refractivity contribution in [3.05, 3.63) is 66.0 Å². The predicted octanol–water partition coefficient (Wildman–Crippen LogP) is 3.73. The first kappa shape index (κ1) is 22.4. The van der Waals surface area contributed by atoms with Crippen molar-refractivity contribution >= 4 is 29.3 Å². The van der Waals surface area contributed by atoms with E-state index in [-0.39, 0.29) is 18.4 Å². The number of nitrogens with one attached hydrogen (secondary N) is 2. The maximum absolute atomic E-state index is 12.5. The highest BCUT2D eigenvalue weighted by molar-refractivity contribution is 8.00. The van der Waals surface area contributed by atoms with Gasteiger partial charge in [0, 0.05) is 23.8 Å². The Morgan fingerprint density at radius 2 is 1.81 bits per heavy atom. The molecular formula is C23H26N4O3S. The number of ether oxygens (including phenoxy) is 1. The van der Waals surface area contributed by atoms with Gasteiger partial charge in [0.15, 0.2) is 5.16 Å². The molecule has 2 N–H and O–H groups in total. The van der Waals surface area contributed by atoms with Crippen molar-refractivity contribution in [1.82, 2.24) is 14.9 Å². The Bertz CT molecular complexity index is 1040. The molecule has 162 valence electrons. The first-order valence-electron chi connectivity index (χ1n) is 9.87. The number of aryl methyl sites for hydroxylation is 2. The van der Waals surface area contributed by atoms with Gasteiger partial charge in [-0.1, -0.05) is 30.0 Å². The maximum Gasteiger partial charge on any atom is 0.243 e. The molecule has 0 saturated heterocycles. The molecule has 1 aromatic heterocycles. The number of para-hydroxylation sites is 1. The van der Waals surface area contributed by atoms with E-state index in [2.05, 4.69) is 15.6 Å². The highest BCUT2D eigenvalue weighted by Gasteiger charge is 2.19. The number of aromatic nitrogens is 2. The molecule has 1 unspecified atom stereocenters. The van der Waals surface area contributed by atoms with Crippen molar-refractivity contribution in [2.24, 2.45) is 0 Å². The summed E-state index contributed by atoms with van der Waals surface area (Å²) >= 11 is 1.33. The number of methoxy groups -OCH3 is 1. The molecule has 0 aliphatic carbocycles. The van der Waals surface area contributed by atoms with E-state index < -0.39 is 5.25 Å². The van der Waals surface area contributed by atoms with Crippen LogP contribution >= 0.6 is 11.8 Å². The zero-order valence-corrected chi connectivity index (χ0v) is 18.8. The quantitative estimate of drug-likeness (QED) is 0.524. The summed E-state index contributed by atoms with van der Waals surface area (Å²) in [5.74, 6) is 0.276. The third-order valence-electron chi connectivity index (χ3n) is 4.78. The van der Waals surface area contributed by atoms with Gasteiger partial charge in [0.05, 0.1) is 18.9 Å². The molecule has 31 heavy (non-hydrogen) atoms. The predicted molar refractivity (Wildman–Crippen MR) is 123 cm³/mol. The van der Waals surface area contributed by atoms with E-state index in [0.717, 1.165) is 28.3 Å². The van der Waals surface area contributed by atoms with Crippen molar-refractivity contribution < 1.29 is 14.3 Å². The van der Waals surface area contributed by atoms with Crippen LogP contribution in [0.25, 0.3) is 5.69 Å². The lowest BCUT2D eigenvalue weighted by molar-refractivity contribution is -0.123. The van der Waals surface area contributed by atoms with Gasteiger partial charge in [-0.2, -0.15) is 0 Å². The van der Waals surface area contributed by atoms with Crippen LogP contribution in [0.2, 0.25) is 0 Å². The van der Waals surface area contributed by atoms with Gasteiger partial charge in [-0.25, -0.2) is 4.98 Å². The minimum absolute atomic E-state index is 0.0928. The van der Waals surface area contributed by atoms with Crippen LogP contribution in [0.1, 0.15) is 18.1 Å². The van der Waals surface area contributed by atoms with Crippen LogP contribution in [-0.4, -0.2) is 40.3 Å². The van der Waals surface area contributed by atoms with E-state index in [1.54, 1.807) is 20.2 Å². The number of rotatable bonds is 8. The van der Waals surface area contributed by atoms with Crippen LogP contribution in [0.4, 0.5) is 5.69 Å². The van der Waals surface area contributed by atoms with Gasteiger partial charge in [-0.15, -0.1) is 0 Å². The number of amides is 2. The topological polar surface area (TPSA) is 85.2 Å². The van der Waals surface area contributed by atoms with Crippen LogP contribution < -0.4 is 15.4 Å². The molecular weight excluding hydrogens is 412 g/mol. The molecule has 0 fully saturated rings. The van der Waals surface area contributed by atoms with E-state index in [9.17, 15) is 9.59 Å². The molecule has 1 atom stereocenters. The summed E-state index contributed by atoms with van der Waals surface area (Å²) in [5, 5.41) is 5.84. The molecule has 0 bridgehead atoms. The van der Waals surface area contributed by atoms with Crippen LogP contribution in [0.15, 0.2) is 60.0 Å². The lowest BCUT2D eigenvalue weighted by Crippen LogP contribution is -2.37. The summed E-state index contributed by atoms with van der Waals surface area (Å²) < 4.78 is 7.10. The number of carbonyl (C=O) groups is 2. The number of nitrogens with zero attached hydrogens (tertiary/aromatic N) is 2. The van der Waals surface area contributed by atoms with E-state index in [1.165, 1.54) is 11.8 Å². The number of benzene rings is 2. The largest absolute Gasteiger partial charge is 0.497 e. The zero-order valence-electron chi connectivity index (χ0n) is 18.0. The van der Waals surface area contributed by atoms with E-state index in [0.29, 0.717) is 5.16 Å². The first-order valence-corrected chi connectivity index (χ1v) is 10.7. The summed E-state index contributed by atoms with van der Waals surface area (Å²) in [6, 6.07) is 13.4. The Morgan fingerprint density at radius 1 is 1.13 bits per heavy atom. The number of imidazole rings is 1. The molecule has 2 aromatic carbocycles. The highest BCUT2D eigenvalue weighted by atomic mass is 32.2. The average molecular weight is 439 g/mol. The molecule has 7 nitrogen and oxygen atoms in total. The third kappa shape index (κ3) is 5.67. The fraction of sp³-hybridized carbons (Fsp3) is 0.261. The lowest BCUT2D eigenvalue weighted by Gasteiger charge is -2.14. The molecule has 2 amide bonds. The van der Waals surface area contributed by atoms with Gasteiger partial charge in [0.25, 0.3) is 0 Å². The third-order valence-corrected chi connectivity index (χ3v) is 5.86. The van der Waals surface area contributed by atoms with Gasteiger partial charge in [0.1, 0.15) is 5.75 Å². The Hall–Kier alpha value is -3.26. The fourth-order valence-electron chi connectivity index (χ4n) is 3.03. The van der Waals surface area contributed by atoms with Crippen molar-refractivity contribution in [2.75, 3.05) is 19.0 Å². The van der Waals surface area contributed by atoms with Crippen LogP contribution in [0.5, 0.6) is 5.75 Å². The Labute approximate surface area is 186 Å². The van der Waals surface area contributed by atoms with Crippen LogP contribution in [0.3, 0.4) is 0 Å². The van der Waals surface area contributed by atoms with Gasteiger partial charge in [0.2, 0.25) is 11.8 Å². The highest BCUT2D eigenvalue weighted by Crippen LogP contribution is 2.25. The van der Waals surface area contributed by atoms with Gasteiger partial charge in [-0.3, -0.25) is 14.2 Å². The van der Waals surface area contributed by atoms with Crippen LogP contribution in [-0.2, 0) is 9.59 Å². The number of hydrogen-bond acceptors (Lipinski definition) is 5. The van der Waals surface area contributed by atoms with E-state index >= 15 is 0 Å². The summed E-state index contributed by atoms with van der Waals surface area (Å²) in [6.45, 7) is 5.57. The normalized spacial score (nSPS) is 11.6. The Kier molecular flexibility index (Phi) is 7.36. The van der Waals surface area contributed by atoms with Crippen molar-refractivity contribution in [3.8, 4) is 11.4 Å². The number of hydrogen-bond donors (Lipinski definition) is 2. The molecule has 0 aliphatic rings. The standard InChI is InChI=1S/C23H26N4O3S/c1-15-6-5-7-16(2)21(15)26-20(28)14-25-22(29)17(3)31-23-24-12-13-27(23)18-8-10-19(30-4)11-9-18/h5-13,17H,14H2,1-4H3,(H,25,29)(H,26,28). The summed E-state index contributed by atoms with van der Waals surface area (Å²) in [5.41, 5.74) is 3.66. The monoisotopic (exact) mass is 438 g/mol. The van der Waals surface area contributed by atoms with E-state index in [1.807, 2.05) is 67.1 Å². The summed E-state index contributed by atoms with van der Waals surface area (Å²) in [6.07, 6.45) is 3.53. The van der Waals surface area contributed by atoms with Crippen LogP contribution in [0, 0.1) is 13.8 Å². The van der Waals surface area contributed by atoms with Crippen molar-refractivity contribution in [2.45, 2.75) is 31.2 Å². The second-order valence-corrected chi connectivity index (χ2v) is 8.38. The molecule has 0 aliphatic heterocycles. The number of anilines is 1. The zero-order chi connectivity index (χ0) is 22.4. The van der Waals surface area contributed by atoms with Gasteiger partial charge in [-0.05, 0) is 56.2 Å². The summed E-state index contributed by atoms with van der Waals surface area (Å²) in [7, 11) is 1.62. The Morgan fingerprint density at radius 3 is 2.45 bits per heavy atom. The molecule has 3 rings (SSSR count). The number of thioether (sulfide) groups is 1. The lowest BCUT2D eigenvalue weighted by atomic mass is 10.1. The fourth-order valence-corrected chi connectivity index (χ4v) is 3.94. The number of carbonyl (C=O) groups excluding carboxylic acids is 2. The SMILES string of the molecule is COc1ccc(-n2ccnc2SC(C)C(=O)NCC(=O)Nc2c(C)cccc2C)cc1. The van der Waals surface area contributed by atoms with Crippen molar-refractivity contribution in [1.29, 1.82) is 0 Å². The minimum Gasteiger partial charge on any atom is -0.497 e. The molecule has 0 saturated carbocycles. The van der Waals surface area contributed by atoms with Crippen molar-refractivity contribution in [3.63, 3.8) is 0 Å². The van der Waals surface area contributed by atoms with Gasteiger partial charge >= 0.3 is 0 Å². The second kappa shape index (κ2) is 10.2. The average Bonchev–Trinajstić information content (AvgIpc) is 3.22. The van der Waals surface area contributed by atoms with E-state index in [4.69, 9.17) is 4.74 Å². The van der Waals surface area contributed by atoms with Gasteiger partial charge < -0.3 is 15.4 Å². The molecule has 8 heteroatoms. The minimum atomic E-state index is -0.424. The summed E-state index contributed by atoms with van der Waals surface area (Å²) in [4.78, 5) is 29.2. The maximum atomic E-state index is 12.5. The molecule has 1 heterocycles. The first-order chi connectivity index (χ1) is 14.9. The Balaban J connectivity index is 1.56. The smallest absolute Gasteiger partial charge is 0.243 e. The molecule has 0 spiro atoms. The molecule has 3 aromatic rings.